The minimum atomic E-state index is 0. The molecule has 22 heavy (non-hydrogen) atoms. The minimum absolute atomic E-state index is 0. The van der Waals surface area contributed by atoms with Crippen LogP contribution in [0.2, 0.25) is 5.02 Å². The second kappa shape index (κ2) is 10.2. The molecule has 0 unspecified atom stereocenters. The van der Waals surface area contributed by atoms with Gasteiger partial charge in [-0.1, -0.05) is 17.7 Å². The molecular weight excluding hydrogens is 406 g/mol. The van der Waals surface area contributed by atoms with E-state index in [0.717, 1.165) is 47.2 Å². The van der Waals surface area contributed by atoms with Gasteiger partial charge in [0.2, 0.25) is 0 Å². The Morgan fingerprint density at radius 1 is 1.00 bits per heavy atom. The Morgan fingerprint density at radius 2 is 1.59 bits per heavy atom. The number of rotatable bonds is 7. The molecule has 1 fully saturated rings. The third-order valence-electron chi connectivity index (χ3n) is 4.39. The lowest BCUT2D eigenvalue weighted by Crippen LogP contribution is -3.00. The Kier molecular flexibility index (Phi) is 9.49. The van der Waals surface area contributed by atoms with Crippen molar-refractivity contribution in [2.24, 2.45) is 0 Å². The second-order valence-corrected chi connectivity index (χ2v) is 6.98. The van der Waals surface area contributed by atoms with E-state index in [9.17, 15) is 0 Å². The molecule has 1 aromatic carbocycles. The number of anilines is 1. The van der Waals surface area contributed by atoms with Crippen molar-refractivity contribution < 1.29 is 21.5 Å². The van der Waals surface area contributed by atoms with E-state index in [0.29, 0.717) is 0 Å². The fourth-order valence-electron chi connectivity index (χ4n) is 3.17. The zero-order valence-corrected chi connectivity index (χ0v) is 16.6. The van der Waals surface area contributed by atoms with Gasteiger partial charge in [0, 0.05) is 35.3 Å². The quantitative estimate of drug-likeness (QED) is 0.465. The van der Waals surface area contributed by atoms with Gasteiger partial charge in [0.05, 0.1) is 39.3 Å². The average Bonchev–Trinajstić information content (AvgIpc) is 2.52. The molecule has 6 heteroatoms. The topological polar surface area (TPSA) is 3.24 Å². The van der Waals surface area contributed by atoms with Crippen LogP contribution in [0.15, 0.2) is 24.3 Å². The molecule has 0 saturated carbocycles. The first-order valence-electron chi connectivity index (χ1n) is 7.67. The maximum absolute atomic E-state index is 6.10. The lowest BCUT2D eigenvalue weighted by atomic mass is 10.1. The number of piperazine rings is 1. The van der Waals surface area contributed by atoms with Crippen LogP contribution in [-0.4, -0.2) is 55.5 Å². The van der Waals surface area contributed by atoms with Crippen molar-refractivity contribution in [3.05, 3.63) is 29.3 Å². The highest BCUT2D eigenvalue weighted by Gasteiger charge is 2.32. The molecule has 0 aliphatic carbocycles. The van der Waals surface area contributed by atoms with Crippen molar-refractivity contribution in [3.8, 4) is 0 Å². The van der Waals surface area contributed by atoms with Gasteiger partial charge < -0.3 is 26.4 Å². The first kappa shape index (κ1) is 20.4. The third kappa shape index (κ3) is 5.76. The lowest BCUT2D eigenvalue weighted by molar-refractivity contribution is -0.928. The molecule has 0 atom stereocenters. The molecular formula is C16H24BrCl3N2. The maximum atomic E-state index is 6.10. The fourth-order valence-corrected chi connectivity index (χ4v) is 3.59. The molecule has 126 valence electrons. The molecule has 2 nitrogen and oxygen atoms in total. The smallest absolute Gasteiger partial charge is 0.0965 e. The van der Waals surface area contributed by atoms with Gasteiger partial charge in [-0.25, -0.2) is 0 Å². The highest BCUT2D eigenvalue weighted by atomic mass is 79.9. The predicted molar refractivity (Wildman–Crippen MR) is 94.1 cm³/mol. The molecule has 0 spiro atoms. The normalized spacial score (nSPS) is 17.1. The minimum Gasteiger partial charge on any atom is -1.00 e. The summed E-state index contributed by atoms with van der Waals surface area (Å²) >= 11 is 17.9. The van der Waals surface area contributed by atoms with Gasteiger partial charge in [-0.15, -0.1) is 23.2 Å². The molecule has 1 saturated heterocycles. The average molecular weight is 431 g/mol. The Balaban J connectivity index is 0.00000242. The van der Waals surface area contributed by atoms with E-state index in [2.05, 4.69) is 17.0 Å². The first-order chi connectivity index (χ1) is 10.2. The number of nitrogens with zero attached hydrogens (tertiary/aromatic N) is 2. The van der Waals surface area contributed by atoms with E-state index < -0.39 is 0 Å². The Labute approximate surface area is 159 Å². The van der Waals surface area contributed by atoms with Crippen molar-refractivity contribution in [3.63, 3.8) is 0 Å². The van der Waals surface area contributed by atoms with Gasteiger partial charge in [0.15, 0.2) is 0 Å². The van der Waals surface area contributed by atoms with E-state index in [-0.39, 0.29) is 17.0 Å². The van der Waals surface area contributed by atoms with Crippen LogP contribution in [0.5, 0.6) is 0 Å². The number of halogens is 4. The number of benzene rings is 1. The van der Waals surface area contributed by atoms with Gasteiger partial charge in [0.1, 0.15) is 0 Å². The van der Waals surface area contributed by atoms with Crippen LogP contribution >= 0.6 is 34.8 Å². The van der Waals surface area contributed by atoms with Crippen molar-refractivity contribution >= 4 is 40.5 Å². The van der Waals surface area contributed by atoms with E-state index >= 15 is 0 Å². The zero-order valence-electron chi connectivity index (χ0n) is 12.8. The molecule has 0 radical (unpaired) electrons. The van der Waals surface area contributed by atoms with Crippen LogP contribution in [0.3, 0.4) is 0 Å². The second-order valence-electron chi connectivity index (χ2n) is 5.79. The number of hydrogen-bond donors (Lipinski definition) is 0. The third-order valence-corrected chi connectivity index (χ3v) is 5.16. The van der Waals surface area contributed by atoms with Crippen LogP contribution in [0.4, 0.5) is 5.69 Å². The van der Waals surface area contributed by atoms with Gasteiger partial charge in [-0.3, -0.25) is 0 Å². The fraction of sp³-hybridized carbons (Fsp3) is 0.625. The highest BCUT2D eigenvalue weighted by molar-refractivity contribution is 6.30. The molecule has 2 rings (SSSR count). The number of hydrogen-bond acceptors (Lipinski definition) is 1. The Bertz CT molecular complexity index is 427. The standard InChI is InChI=1S/C16H24Cl3N2.BrH/c17-6-2-10-21(11-3-7-18)12-8-20(9-13-21)16-5-1-4-15(19)14-16;/h1,4-5,14H,2-3,6-13H2;1H/q+1;/p-1. The molecule has 1 heterocycles. The van der Waals surface area contributed by atoms with Gasteiger partial charge in [-0.05, 0) is 18.2 Å². The summed E-state index contributed by atoms with van der Waals surface area (Å²) in [5, 5.41) is 0.808. The number of quaternary nitrogens is 1. The van der Waals surface area contributed by atoms with Gasteiger partial charge in [-0.2, -0.15) is 0 Å². The maximum Gasteiger partial charge on any atom is 0.0965 e. The van der Waals surface area contributed by atoms with Crippen LogP contribution in [0.25, 0.3) is 0 Å². The van der Waals surface area contributed by atoms with Crippen LogP contribution in [0, 0.1) is 0 Å². The largest absolute Gasteiger partial charge is 1.00 e. The van der Waals surface area contributed by atoms with Crippen molar-refractivity contribution in [2.45, 2.75) is 12.8 Å². The summed E-state index contributed by atoms with van der Waals surface area (Å²) in [5.74, 6) is 1.50. The summed E-state index contributed by atoms with van der Waals surface area (Å²) in [6.45, 7) is 6.82. The van der Waals surface area contributed by atoms with Gasteiger partial charge in [0.25, 0.3) is 0 Å². The Morgan fingerprint density at radius 3 is 2.09 bits per heavy atom. The monoisotopic (exact) mass is 428 g/mol. The molecule has 0 bridgehead atoms. The van der Waals surface area contributed by atoms with Crippen LogP contribution < -0.4 is 21.9 Å². The summed E-state index contributed by atoms with van der Waals surface area (Å²) in [6, 6.07) is 8.15. The molecule has 0 aromatic heterocycles. The van der Waals surface area contributed by atoms with Crippen molar-refractivity contribution in [1.29, 1.82) is 0 Å². The zero-order chi connectivity index (χ0) is 15.1. The van der Waals surface area contributed by atoms with E-state index in [4.69, 9.17) is 34.8 Å². The summed E-state index contributed by atoms with van der Waals surface area (Å²) < 4.78 is 1.16. The van der Waals surface area contributed by atoms with Gasteiger partial charge >= 0.3 is 0 Å². The van der Waals surface area contributed by atoms with E-state index in [1.54, 1.807) is 0 Å². The first-order valence-corrected chi connectivity index (χ1v) is 9.11. The molecule has 0 N–H and O–H groups in total. The van der Waals surface area contributed by atoms with Crippen molar-refractivity contribution in [2.75, 3.05) is 55.9 Å². The molecule has 0 amide bonds. The number of alkyl halides is 2. The highest BCUT2D eigenvalue weighted by Crippen LogP contribution is 2.23. The molecule has 1 aliphatic heterocycles. The van der Waals surface area contributed by atoms with Crippen LogP contribution in [-0.2, 0) is 0 Å². The predicted octanol–water partition coefficient (Wildman–Crippen LogP) is 1.24. The summed E-state index contributed by atoms with van der Waals surface area (Å²) in [4.78, 5) is 2.43. The SMILES string of the molecule is ClCCC[N+]1(CCCCl)CCN(c2cccc(Cl)c2)CC1.[Br-]. The van der Waals surface area contributed by atoms with E-state index in [1.807, 2.05) is 12.1 Å². The van der Waals surface area contributed by atoms with E-state index in [1.165, 1.54) is 31.9 Å². The summed E-state index contributed by atoms with van der Waals surface area (Å²) in [5.41, 5.74) is 1.23. The van der Waals surface area contributed by atoms with Crippen molar-refractivity contribution in [1.82, 2.24) is 0 Å². The van der Waals surface area contributed by atoms with Crippen LogP contribution in [0.1, 0.15) is 12.8 Å². The summed E-state index contributed by atoms with van der Waals surface area (Å²) in [6.07, 6.45) is 2.17. The lowest BCUT2D eigenvalue weighted by Gasteiger charge is -2.45. The summed E-state index contributed by atoms with van der Waals surface area (Å²) in [7, 11) is 0. The molecule has 1 aliphatic rings. The molecule has 1 aromatic rings. The Hall–Kier alpha value is 0.330.